The summed E-state index contributed by atoms with van der Waals surface area (Å²) in [5.74, 6) is -0.648. The number of nitrogens with one attached hydrogen (secondary N) is 1. The van der Waals surface area contributed by atoms with Crippen LogP contribution in [0.1, 0.15) is 10.4 Å². The summed E-state index contributed by atoms with van der Waals surface area (Å²) in [6, 6.07) is 3.14. The average Bonchev–Trinajstić information content (AvgIpc) is 2.55. The molecule has 2 rings (SSSR count). The Labute approximate surface area is 88.5 Å². The summed E-state index contributed by atoms with van der Waals surface area (Å²) in [5, 5.41) is 0.586. The van der Waals surface area contributed by atoms with Crippen LogP contribution in [0.15, 0.2) is 16.9 Å². The van der Waals surface area contributed by atoms with Gasteiger partial charge >= 0.3 is 5.97 Å². The smallest absolute Gasteiger partial charge is 0.343 e. The molecule has 2 heterocycles. The molecule has 0 aliphatic heterocycles. The number of aromatic amines is 1. The van der Waals surface area contributed by atoms with Gasteiger partial charge in [-0.3, -0.25) is 4.79 Å². The number of pyridine rings is 1. The number of hydrogen-bond donors (Lipinski definition) is 2. The Morgan fingerprint density at radius 1 is 1.53 bits per heavy atom. The predicted octanol–water partition coefficient (Wildman–Crippen LogP) is 0.958. The van der Waals surface area contributed by atoms with Crippen molar-refractivity contribution in [1.29, 1.82) is 0 Å². The Bertz CT molecular complexity index is 585. The third-order valence-corrected chi connectivity index (χ3v) is 2.86. The van der Waals surface area contributed by atoms with Gasteiger partial charge in [-0.15, -0.1) is 11.3 Å². The fraction of sp³-hybridized carbons (Fsp3) is 0.111. The van der Waals surface area contributed by atoms with Crippen LogP contribution in [0.4, 0.5) is 5.00 Å². The van der Waals surface area contributed by atoms with Gasteiger partial charge in [0.15, 0.2) is 0 Å². The molecule has 78 valence electrons. The fourth-order valence-electron chi connectivity index (χ4n) is 1.28. The van der Waals surface area contributed by atoms with Gasteiger partial charge in [0.05, 0.1) is 22.3 Å². The lowest BCUT2D eigenvalue weighted by atomic mass is 10.2. The minimum Gasteiger partial charge on any atom is -0.465 e. The van der Waals surface area contributed by atoms with Gasteiger partial charge in [0.25, 0.3) is 5.56 Å². The fourth-order valence-corrected chi connectivity index (χ4v) is 2.10. The van der Waals surface area contributed by atoms with Crippen LogP contribution in [-0.4, -0.2) is 18.1 Å². The first-order valence-corrected chi connectivity index (χ1v) is 4.94. The molecule has 0 fully saturated rings. The summed E-state index contributed by atoms with van der Waals surface area (Å²) in [6.45, 7) is 0. The average molecular weight is 224 g/mol. The number of methoxy groups -OCH3 is 1. The van der Waals surface area contributed by atoms with Gasteiger partial charge in [-0.25, -0.2) is 4.79 Å². The van der Waals surface area contributed by atoms with Crippen molar-refractivity contribution < 1.29 is 9.53 Å². The van der Waals surface area contributed by atoms with E-state index in [2.05, 4.69) is 9.72 Å². The second-order valence-corrected chi connectivity index (χ2v) is 4.05. The van der Waals surface area contributed by atoms with Crippen LogP contribution in [0, 0.1) is 0 Å². The number of fused-ring (bicyclic) bond motifs is 1. The van der Waals surface area contributed by atoms with Crippen LogP contribution < -0.4 is 11.3 Å². The molecular weight excluding hydrogens is 216 g/mol. The zero-order valence-electron chi connectivity index (χ0n) is 7.87. The highest BCUT2D eigenvalue weighted by Gasteiger charge is 2.12. The molecule has 0 bridgehead atoms. The Morgan fingerprint density at radius 2 is 2.27 bits per heavy atom. The van der Waals surface area contributed by atoms with Crippen LogP contribution in [0.5, 0.6) is 0 Å². The Morgan fingerprint density at radius 3 is 2.93 bits per heavy atom. The molecule has 0 saturated carbocycles. The first-order valence-electron chi connectivity index (χ1n) is 4.12. The van der Waals surface area contributed by atoms with Gasteiger partial charge in [0, 0.05) is 0 Å². The third-order valence-electron chi connectivity index (χ3n) is 1.95. The van der Waals surface area contributed by atoms with Gasteiger partial charge in [0.2, 0.25) is 0 Å². The number of ether oxygens (including phenoxy) is 1. The van der Waals surface area contributed by atoms with Crippen molar-refractivity contribution in [3.63, 3.8) is 0 Å². The Kier molecular flexibility index (Phi) is 2.20. The van der Waals surface area contributed by atoms with E-state index in [-0.39, 0.29) is 5.56 Å². The van der Waals surface area contributed by atoms with Gasteiger partial charge in [-0.1, -0.05) is 0 Å². The SMILES string of the molecule is COC(=O)c1cc2sc(N)cc2[nH]c1=O. The lowest BCUT2D eigenvalue weighted by molar-refractivity contribution is 0.0599. The van der Waals surface area contributed by atoms with E-state index in [1.165, 1.54) is 24.5 Å². The van der Waals surface area contributed by atoms with E-state index in [0.29, 0.717) is 10.5 Å². The van der Waals surface area contributed by atoms with Gasteiger partial charge < -0.3 is 15.5 Å². The number of carbonyl (C=O) groups is 1. The number of nitrogen functional groups attached to an aromatic ring is 1. The maximum Gasteiger partial charge on any atom is 0.343 e. The zero-order chi connectivity index (χ0) is 11.0. The Balaban J connectivity index is 2.71. The van der Waals surface area contributed by atoms with Crippen molar-refractivity contribution in [3.8, 4) is 0 Å². The molecule has 2 aromatic rings. The molecule has 0 aliphatic carbocycles. The monoisotopic (exact) mass is 224 g/mol. The summed E-state index contributed by atoms with van der Waals surface area (Å²) in [7, 11) is 1.23. The molecule has 2 aromatic heterocycles. The van der Waals surface area contributed by atoms with Crippen LogP contribution in [0.3, 0.4) is 0 Å². The van der Waals surface area contributed by atoms with Gasteiger partial charge in [-0.2, -0.15) is 0 Å². The molecule has 3 N–H and O–H groups in total. The molecule has 0 aliphatic rings. The number of anilines is 1. The molecule has 0 aromatic carbocycles. The molecule has 15 heavy (non-hydrogen) atoms. The lowest BCUT2D eigenvalue weighted by Crippen LogP contribution is -2.17. The summed E-state index contributed by atoms with van der Waals surface area (Å²) in [6.07, 6.45) is 0. The van der Waals surface area contributed by atoms with E-state index in [1.807, 2.05) is 0 Å². The Hall–Kier alpha value is -1.82. The number of hydrogen-bond acceptors (Lipinski definition) is 5. The number of esters is 1. The van der Waals surface area contributed by atoms with Crippen LogP contribution in [0.25, 0.3) is 10.2 Å². The van der Waals surface area contributed by atoms with Crippen molar-refractivity contribution in [1.82, 2.24) is 4.98 Å². The maximum absolute atomic E-state index is 11.5. The van der Waals surface area contributed by atoms with Crippen molar-refractivity contribution in [3.05, 3.63) is 28.0 Å². The van der Waals surface area contributed by atoms with Crippen LogP contribution in [0.2, 0.25) is 0 Å². The minimum atomic E-state index is -0.648. The number of rotatable bonds is 1. The molecule has 5 nitrogen and oxygen atoms in total. The minimum absolute atomic E-state index is 0.00755. The second-order valence-electron chi connectivity index (χ2n) is 2.93. The van der Waals surface area contributed by atoms with Crippen molar-refractivity contribution in [2.45, 2.75) is 0 Å². The highest BCUT2D eigenvalue weighted by Crippen LogP contribution is 2.25. The highest BCUT2D eigenvalue weighted by atomic mass is 32.1. The normalized spacial score (nSPS) is 10.5. The number of nitrogens with two attached hydrogens (primary N) is 1. The molecule has 0 saturated heterocycles. The lowest BCUT2D eigenvalue weighted by Gasteiger charge is -1.97. The summed E-state index contributed by atoms with van der Waals surface area (Å²) >= 11 is 1.30. The number of thiophene rings is 1. The van der Waals surface area contributed by atoms with Crippen molar-refractivity contribution >= 4 is 32.5 Å². The van der Waals surface area contributed by atoms with E-state index in [4.69, 9.17) is 5.73 Å². The van der Waals surface area contributed by atoms with Gasteiger partial charge in [0.1, 0.15) is 5.56 Å². The first-order chi connectivity index (χ1) is 7.11. The van der Waals surface area contributed by atoms with E-state index >= 15 is 0 Å². The highest BCUT2D eigenvalue weighted by molar-refractivity contribution is 7.22. The van der Waals surface area contributed by atoms with Crippen molar-refractivity contribution in [2.75, 3.05) is 12.8 Å². The molecule has 6 heteroatoms. The number of carbonyl (C=O) groups excluding carboxylic acids is 1. The quantitative estimate of drug-likeness (QED) is 0.706. The van der Waals surface area contributed by atoms with Crippen LogP contribution >= 0.6 is 11.3 Å². The van der Waals surface area contributed by atoms with E-state index in [0.717, 1.165) is 4.70 Å². The zero-order valence-corrected chi connectivity index (χ0v) is 8.68. The molecule has 0 spiro atoms. The second kappa shape index (κ2) is 3.39. The summed E-state index contributed by atoms with van der Waals surface area (Å²) in [5.41, 5.74) is 5.74. The topological polar surface area (TPSA) is 85.2 Å². The molecule has 0 radical (unpaired) electrons. The standard InChI is InChI=1S/C9H8N2O3S/c1-14-9(13)4-2-6-5(11-8(4)12)3-7(10)15-6/h2-3H,10H2,1H3,(H,11,12). The van der Waals surface area contributed by atoms with E-state index < -0.39 is 11.5 Å². The van der Waals surface area contributed by atoms with E-state index in [9.17, 15) is 9.59 Å². The maximum atomic E-state index is 11.5. The summed E-state index contributed by atoms with van der Waals surface area (Å²) in [4.78, 5) is 25.2. The molecular formula is C9H8N2O3S. The first kappa shape index (κ1) is 9.72. The van der Waals surface area contributed by atoms with Gasteiger partial charge in [-0.05, 0) is 12.1 Å². The van der Waals surface area contributed by atoms with Crippen molar-refractivity contribution in [2.24, 2.45) is 0 Å². The summed E-state index contributed by atoms with van der Waals surface area (Å²) < 4.78 is 5.24. The molecule has 0 unspecified atom stereocenters. The van der Waals surface area contributed by atoms with E-state index in [1.54, 1.807) is 6.07 Å². The number of H-pyrrole nitrogens is 1. The largest absolute Gasteiger partial charge is 0.465 e. The third kappa shape index (κ3) is 1.59. The molecule has 0 amide bonds. The predicted molar refractivity (Wildman–Crippen MR) is 58.2 cm³/mol. The molecule has 0 atom stereocenters. The number of aromatic nitrogens is 1. The van der Waals surface area contributed by atoms with Crippen LogP contribution in [-0.2, 0) is 4.74 Å².